The molecule has 2 amide bonds. The predicted molar refractivity (Wildman–Crippen MR) is 92.8 cm³/mol. The summed E-state index contributed by atoms with van der Waals surface area (Å²) in [5.41, 5.74) is 1.03. The first-order valence-corrected chi connectivity index (χ1v) is 8.17. The molecule has 23 heavy (non-hydrogen) atoms. The van der Waals surface area contributed by atoms with E-state index in [2.05, 4.69) is 16.8 Å². The van der Waals surface area contributed by atoms with E-state index in [1.165, 1.54) is 0 Å². The van der Waals surface area contributed by atoms with Gasteiger partial charge in [-0.05, 0) is 11.6 Å². The fourth-order valence-electron chi connectivity index (χ4n) is 2.67. The van der Waals surface area contributed by atoms with Crippen LogP contribution in [-0.2, 0) is 4.74 Å². The maximum absolute atomic E-state index is 12.1. The van der Waals surface area contributed by atoms with Crippen LogP contribution in [-0.4, -0.2) is 62.3 Å². The van der Waals surface area contributed by atoms with Crippen LogP contribution < -0.4 is 5.32 Å². The van der Waals surface area contributed by atoms with Gasteiger partial charge in [0, 0.05) is 38.2 Å². The highest BCUT2D eigenvalue weighted by Gasteiger charge is 2.25. The number of nitrogens with zero attached hydrogens (tertiary/aromatic N) is 2. The molecule has 1 aliphatic rings. The summed E-state index contributed by atoms with van der Waals surface area (Å²) in [6, 6.07) is 7.71. The maximum Gasteiger partial charge on any atom is 0.317 e. The Morgan fingerprint density at radius 2 is 2.17 bits per heavy atom. The summed E-state index contributed by atoms with van der Waals surface area (Å²) in [6.45, 7) is 7.72. The van der Waals surface area contributed by atoms with E-state index < -0.39 is 0 Å². The number of morpholine rings is 1. The molecule has 1 aliphatic heterocycles. The van der Waals surface area contributed by atoms with Crippen molar-refractivity contribution in [1.29, 1.82) is 0 Å². The lowest BCUT2D eigenvalue weighted by Gasteiger charge is -2.35. The number of rotatable bonds is 6. The first-order valence-electron chi connectivity index (χ1n) is 7.79. The number of amides is 2. The number of carbonyl (C=O) groups excluding carboxylic acids is 1. The van der Waals surface area contributed by atoms with Crippen molar-refractivity contribution in [3.05, 3.63) is 47.5 Å². The molecule has 1 heterocycles. The minimum Gasteiger partial charge on any atom is -0.379 e. The molecule has 6 heteroatoms. The molecular formula is C17H24ClN3O2. The van der Waals surface area contributed by atoms with Crippen molar-refractivity contribution in [2.45, 2.75) is 6.04 Å². The van der Waals surface area contributed by atoms with Crippen molar-refractivity contribution in [3.8, 4) is 0 Å². The summed E-state index contributed by atoms with van der Waals surface area (Å²) in [7, 11) is 1.75. The van der Waals surface area contributed by atoms with Crippen LogP contribution >= 0.6 is 11.6 Å². The van der Waals surface area contributed by atoms with Gasteiger partial charge in [0.1, 0.15) is 0 Å². The van der Waals surface area contributed by atoms with Crippen LogP contribution in [0.1, 0.15) is 11.6 Å². The van der Waals surface area contributed by atoms with Crippen molar-refractivity contribution in [2.75, 3.05) is 46.4 Å². The van der Waals surface area contributed by atoms with Gasteiger partial charge in [-0.3, -0.25) is 4.90 Å². The molecule has 1 N–H and O–H groups in total. The Kier molecular flexibility index (Phi) is 6.89. The number of nitrogens with one attached hydrogen (secondary N) is 1. The first-order chi connectivity index (χ1) is 11.1. The minimum atomic E-state index is -0.116. The average Bonchev–Trinajstić information content (AvgIpc) is 2.57. The Hall–Kier alpha value is -1.56. The summed E-state index contributed by atoms with van der Waals surface area (Å²) in [5, 5.41) is 3.71. The van der Waals surface area contributed by atoms with Gasteiger partial charge in [0.05, 0.1) is 19.3 Å². The third-order valence-corrected chi connectivity index (χ3v) is 4.29. The standard InChI is InChI=1S/C17H24ClN3O2/c1-3-8-20(2)17(22)19-13-16(21-9-11-23-12-10-21)14-6-4-5-7-15(14)18/h3-7,16H,1,8-13H2,2H3,(H,19,22). The second-order valence-corrected chi connectivity index (χ2v) is 5.95. The molecule has 0 aromatic heterocycles. The fourth-order valence-corrected chi connectivity index (χ4v) is 2.93. The van der Waals surface area contributed by atoms with Crippen molar-refractivity contribution < 1.29 is 9.53 Å². The van der Waals surface area contributed by atoms with Crippen molar-refractivity contribution in [2.24, 2.45) is 0 Å². The van der Waals surface area contributed by atoms with Gasteiger partial charge < -0.3 is 15.0 Å². The number of urea groups is 1. The van der Waals surface area contributed by atoms with Gasteiger partial charge in [-0.2, -0.15) is 0 Å². The molecule has 126 valence electrons. The van der Waals surface area contributed by atoms with Gasteiger partial charge in [0.2, 0.25) is 0 Å². The number of benzene rings is 1. The molecule has 0 radical (unpaired) electrons. The number of halogens is 1. The molecule has 1 saturated heterocycles. The van der Waals surface area contributed by atoms with Crippen LogP contribution in [0.4, 0.5) is 4.79 Å². The molecule has 2 rings (SSSR count). The second kappa shape index (κ2) is 8.91. The summed E-state index contributed by atoms with van der Waals surface area (Å²) in [6.07, 6.45) is 1.70. The van der Waals surface area contributed by atoms with Crippen LogP contribution in [0.15, 0.2) is 36.9 Å². The van der Waals surface area contributed by atoms with E-state index in [9.17, 15) is 4.79 Å². The van der Waals surface area contributed by atoms with E-state index in [1.807, 2.05) is 24.3 Å². The Balaban J connectivity index is 2.09. The van der Waals surface area contributed by atoms with Crippen LogP contribution in [0.2, 0.25) is 5.02 Å². The summed E-state index contributed by atoms with van der Waals surface area (Å²) >= 11 is 6.37. The molecule has 1 aromatic rings. The quantitative estimate of drug-likeness (QED) is 0.811. The molecule has 1 unspecified atom stereocenters. The van der Waals surface area contributed by atoms with Gasteiger partial charge >= 0.3 is 6.03 Å². The molecule has 0 spiro atoms. The Bertz CT molecular complexity index is 532. The monoisotopic (exact) mass is 337 g/mol. The third-order valence-electron chi connectivity index (χ3n) is 3.95. The van der Waals surface area contributed by atoms with E-state index in [0.717, 1.165) is 23.7 Å². The Morgan fingerprint density at radius 1 is 1.48 bits per heavy atom. The molecule has 1 fully saturated rings. The number of carbonyl (C=O) groups is 1. The lowest BCUT2D eigenvalue weighted by atomic mass is 10.0. The van der Waals surface area contributed by atoms with Crippen LogP contribution in [0.25, 0.3) is 0 Å². The maximum atomic E-state index is 12.1. The van der Waals surface area contributed by atoms with Gasteiger partial charge in [-0.25, -0.2) is 4.79 Å². The second-order valence-electron chi connectivity index (χ2n) is 5.54. The van der Waals surface area contributed by atoms with E-state index >= 15 is 0 Å². The van der Waals surface area contributed by atoms with Crippen LogP contribution in [0, 0.1) is 0 Å². The van der Waals surface area contributed by atoms with Gasteiger partial charge in [-0.15, -0.1) is 6.58 Å². The molecule has 0 aliphatic carbocycles. The highest BCUT2D eigenvalue weighted by Crippen LogP contribution is 2.27. The lowest BCUT2D eigenvalue weighted by molar-refractivity contribution is 0.0165. The summed E-state index contributed by atoms with van der Waals surface area (Å²) < 4.78 is 5.43. The van der Waals surface area contributed by atoms with E-state index in [1.54, 1.807) is 18.0 Å². The van der Waals surface area contributed by atoms with Crippen LogP contribution in [0.3, 0.4) is 0 Å². The number of hydrogen-bond acceptors (Lipinski definition) is 3. The third kappa shape index (κ3) is 4.96. The zero-order valence-electron chi connectivity index (χ0n) is 13.5. The number of ether oxygens (including phenoxy) is 1. The normalized spacial score (nSPS) is 16.6. The SMILES string of the molecule is C=CCN(C)C(=O)NCC(c1ccccc1Cl)N1CCOCC1. The molecule has 5 nitrogen and oxygen atoms in total. The van der Waals surface area contributed by atoms with Crippen molar-refractivity contribution >= 4 is 17.6 Å². The van der Waals surface area contributed by atoms with Gasteiger partial charge in [-0.1, -0.05) is 35.9 Å². The molecule has 0 saturated carbocycles. The largest absolute Gasteiger partial charge is 0.379 e. The number of hydrogen-bond donors (Lipinski definition) is 1. The molecular weight excluding hydrogens is 314 g/mol. The zero-order chi connectivity index (χ0) is 16.7. The lowest BCUT2D eigenvalue weighted by Crippen LogP contribution is -2.46. The van der Waals surface area contributed by atoms with E-state index in [-0.39, 0.29) is 12.1 Å². The number of likely N-dealkylation sites (N-methyl/N-ethyl adjacent to an activating group) is 1. The Morgan fingerprint density at radius 3 is 2.83 bits per heavy atom. The van der Waals surface area contributed by atoms with Crippen molar-refractivity contribution in [3.63, 3.8) is 0 Å². The first kappa shape index (κ1) is 17.8. The highest BCUT2D eigenvalue weighted by atomic mass is 35.5. The molecule has 1 atom stereocenters. The summed E-state index contributed by atoms with van der Waals surface area (Å²) in [4.78, 5) is 16.0. The molecule has 0 bridgehead atoms. The van der Waals surface area contributed by atoms with E-state index in [0.29, 0.717) is 26.3 Å². The zero-order valence-corrected chi connectivity index (χ0v) is 14.3. The summed E-state index contributed by atoms with van der Waals surface area (Å²) in [5.74, 6) is 0. The molecule has 1 aromatic carbocycles. The predicted octanol–water partition coefficient (Wildman–Crippen LogP) is 2.54. The fraction of sp³-hybridized carbons (Fsp3) is 0.471. The van der Waals surface area contributed by atoms with Crippen LogP contribution in [0.5, 0.6) is 0 Å². The van der Waals surface area contributed by atoms with Crippen molar-refractivity contribution in [1.82, 2.24) is 15.1 Å². The van der Waals surface area contributed by atoms with Gasteiger partial charge in [0.25, 0.3) is 0 Å². The van der Waals surface area contributed by atoms with Gasteiger partial charge in [0.15, 0.2) is 0 Å². The topological polar surface area (TPSA) is 44.8 Å². The van der Waals surface area contributed by atoms with E-state index in [4.69, 9.17) is 16.3 Å². The average molecular weight is 338 g/mol. The Labute approximate surface area is 142 Å². The minimum absolute atomic E-state index is 0.0358. The smallest absolute Gasteiger partial charge is 0.317 e. The highest BCUT2D eigenvalue weighted by molar-refractivity contribution is 6.31.